The first-order valence-corrected chi connectivity index (χ1v) is 14.3. The lowest BCUT2D eigenvalue weighted by atomic mass is 9.87. The van der Waals surface area contributed by atoms with E-state index < -0.39 is 0 Å². The van der Waals surface area contributed by atoms with Gasteiger partial charge in [0.05, 0.1) is 6.61 Å². The maximum atomic E-state index is 12.9. The lowest BCUT2D eigenvalue weighted by molar-refractivity contribution is -0.127. The molecular weight excluding hydrogens is 434 g/mol. The van der Waals surface area contributed by atoms with Crippen LogP contribution in [0, 0.1) is 19.8 Å². The smallest absolute Gasteiger partial charge is 0.223 e. The Bertz CT molecular complexity index is 834. The molecule has 2 aliphatic heterocycles. The van der Waals surface area contributed by atoms with E-state index in [4.69, 9.17) is 4.74 Å². The minimum atomic E-state index is 0.262. The van der Waals surface area contributed by atoms with Gasteiger partial charge in [0.2, 0.25) is 5.91 Å². The summed E-state index contributed by atoms with van der Waals surface area (Å²) in [6.07, 6.45) is 12.9. The number of fused-ring (bicyclic) bond motifs is 2. The van der Waals surface area contributed by atoms with Crippen LogP contribution in [-0.2, 0) is 4.79 Å². The average Bonchev–Trinajstić information content (AvgIpc) is 3.11. The van der Waals surface area contributed by atoms with E-state index in [-0.39, 0.29) is 5.92 Å². The highest BCUT2D eigenvalue weighted by Gasteiger charge is 2.44. The maximum Gasteiger partial charge on any atom is 0.223 e. The summed E-state index contributed by atoms with van der Waals surface area (Å²) in [6, 6.07) is 6.41. The van der Waals surface area contributed by atoms with Crippen LogP contribution in [0.1, 0.15) is 100 Å². The van der Waals surface area contributed by atoms with Crippen LogP contribution in [0.2, 0.25) is 0 Å². The van der Waals surface area contributed by atoms with Crippen LogP contribution in [-0.4, -0.2) is 61.1 Å². The van der Waals surface area contributed by atoms with Gasteiger partial charge in [-0.05, 0) is 116 Å². The van der Waals surface area contributed by atoms with E-state index in [0.717, 1.165) is 51.0 Å². The molecule has 1 N–H and O–H groups in total. The van der Waals surface area contributed by atoms with Crippen LogP contribution >= 0.6 is 0 Å². The third-order valence-electron chi connectivity index (χ3n) is 9.05. The van der Waals surface area contributed by atoms with Crippen LogP contribution < -0.4 is 10.1 Å². The first-order valence-electron chi connectivity index (χ1n) is 14.3. The fourth-order valence-electron chi connectivity index (χ4n) is 6.95. The Morgan fingerprint density at radius 1 is 1.03 bits per heavy atom. The van der Waals surface area contributed by atoms with Crippen molar-refractivity contribution in [3.63, 3.8) is 0 Å². The van der Waals surface area contributed by atoms with E-state index in [1.807, 2.05) is 0 Å². The molecule has 0 radical (unpaired) electrons. The Hall–Kier alpha value is -1.59. The molecule has 2 bridgehead atoms. The van der Waals surface area contributed by atoms with Crippen LogP contribution in [0.25, 0.3) is 0 Å². The number of hydrogen-bond acceptors (Lipinski definition) is 4. The minimum Gasteiger partial charge on any atom is -0.493 e. The van der Waals surface area contributed by atoms with Gasteiger partial charge >= 0.3 is 0 Å². The lowest BCUT2D eigenvalue weighted by Gasteiger charge is -2.43. The molecule has 2 saturated heterocycles. The Morgan fingerprint density at radius 3 is 2.37 bits per heavy atom. The van der Waals surface area contributed by atoms with Gasteiger partial charge in [0.25, 0.3) is 0 Å². The third-order valence-corrected chi connectivity index (χ3v) is 9.05. The van der Waals surface area contributed by atoms with Crippen molar-refractivity contribution in [1.82, 2.24) is 15.1 Å². The summed E-state index contributed by atoms with van der Waals surface area (Å²) >= 11 is 0. The van der Waals surface area contributed by atoms with E-state index in [9.17, 15) is 4.79 Å². The summed E-state index contributed by atoms with van der Waals surface area (Å²) in [7, 11) is 4.24. The molecule has 5 nitrogen and oxygen atoms in total. The van der Waals surface area contributed by atoms with Crippen molar-refractivity contribution in [2.24, 2.45) is 5.92 Å². The number of carbonyl (C=O) groups is 1. The summed E-state index contributed by atoms with van der Waals surface area (Å²) in [5, 5.41) is 3.47. The van der Waals surface area contributed by atoms with E-state index in [1.54, 1.807) is 0 Å². The van der Waals surface area contributed by atoms with Crippen LogP contribution in [0.15, 0.2) is 12.1 Å². The molecule has 196 valence electrons. The topological polar surface area (TPSA) is 44.8 Å². The fourth-order valence-corrected chi connectivity index (χ4v) is 6.95. The Balaban J connectivity index is 1.34. The van der Waals surface area contributed by atoms with Gasteiger partial charge in [0, 0.05) is 30.1 Å². The highest BCUT2D eigenvalue weighted by molar-refractivity contribution is 5.79. The Kier molecular flexibility index (Phi) is 9.15. The van der Waals surface area contributed by atoms with Crippen molar-refractivity contribution in [2.45, 2.75) is 116 Å². The second-order valence-electron chi connectivity index (χ2n) is 11.8. The zero-order valence-electron chi connectivity index (χ0n) is 22.9. The van der Waals surface area contributed by atoms with E-state index >= 15 is 0 Å². The van der Waals surface area contributed by atoms with Crippen LogP contribution in [0.5, 0.6) is 5.75 Å². The monoisotopic (exact) mass is 483 g/mol. The molecule has 3 atom stereocenters. The molecule has 1 saturated carbocycles. The minimum absolute atomic E-state index is 0.262. The normalized spacial score (nSPS) is 26.2. The second-order valence-corrected chi connectivity index (χ2v) is 11.8. The highest BCUT2D eigenvalue weighted by atomic mass is 16.5. The zero-order chi connectivity index (χ0) is 24.9. The second kappa shape index (κ2) is 12.1. The molecule has 3 aliphatic rings. The molecule has 3 fully saturated rings. The van der Waals surface area contributed by atoms with Crippen molar-refractivity contribution in [3.8, 4) is 5.75 Å². The summed E-state index contributed by atoms with van der Waals surface area (Å²) in [5.74, 6) is 1.63. The van der Waals surface area contributed by atoms with Crippen molar-refractivity contribution in [3.05, 3.63) is 28.8 Å². The molecule has 1 aromatic rings. The van der Waals surface area contributed by atoms with Crippen molar-refractivity contribution in [2.75, 3.05) is 27.2 Å². The Morgan fingerprint density at radius 2 is 1.71 bits per heavy atom. The summed E-state index contributed by atoms with van der Waals surface area (Å²) < 4.78 is 6.16. The molecule has 2 unspecified atom stereocenters. The number of benzene rings is 1. The third kappa shape index (κ3) is 6.40. The highest BCUT2D eigenvalue weighted by Crippen LogP contribution is 2.43. The molecule has 2 heterocycles. The summed E-state index contributed by atoms with van der Waals surface area (Å²) in [5.41, 5.74) is 4.09. The first kappa shape index (κ1) is 26.5. The average molecular weight is 484 g/mol. The molecule has 35 heavy (non-hydrogen) atoms. The predicted octanol–water partition coefficient (Wildman–Crippen LogP) is 5.78. The zero-order valence-corrected chi connectivity index (χ0v) is 22.9. The largest absolute Gasteiger partial charge is 0.493 e. The van der Waals surface area contributed by atoms with Gasteiger partial charge in [-0.25, -0.2) is 0 Å². The number of unbranched alkanes of at least 4 members (excludes halogenated alkanes) is 1. The van der Waals surface area contributed by atoms with Gasteiger partial charge in [-0.1, -0.05) is 25.3 Å². The lowest BCUT2D eigenvalue weighted by Crippen LogP contribution is -2.52. The maximum absolute atomic E-state index is 12.9. The van der Waals surface area contributed by atoms with Gasteiger partial charge in [0.15, 0.2) is 0 Å². The number of ether oxygens (including phenoxy) is 1. The number of nitrogens with zero attached hydrogens (tertiary/aromatic N) is 2. The van der Waals surface area contributed by atoms with E-state index in [2.05, 4.69) is 62.1 Å². The van der Waals surface area contributed by atoms with E-state index in [0.29, 0.717) is 30.1 Å². The Labute approximate surface area is 214 Å². The SMILES string of the molecule is Cc1c(OCCCCN(C)C)ccc([C@H](C)N2C3CCC2CC(NC(=O)C2CCCCC2)C3)c1C. The predicted molar refractivity (Wildman–Crippen MR) is 144 cm³/mol. The van der Waals surface area contributed by atoms with Gasteiger partial charge in [-0.2, -0.15) is 0 Å². The number of nitrogens with one attached hydrogen (secondary N) is 1. The molecule has 0 aromatic heterocycles. The summed E-state index contributed by atoms with van der Waals surface area (Å²) in [4.78, 5) is 17.9. The molecule has 4 rings (SSSR count). The standard InChI is InChI=1S/C30H49N3O2/c1-21-22(2)29(35-18-10-9-17-32(4)5)16-15-28(21)23(3)33-26-13-14-27(33)20-25(19-26)31-30(34)24-11-7-6-8-12-24/h15-16,23-27H,6-14,17-20H2,1-5H3,(H,31,34)/t23-,25?,26?,27?/m0/s1. The van der Waals surface area contributed by atoms with Crippen LogP contribution in [0.4, 0.5) is 0 Å². The van der Waals surface area contributed by atoms with Gasteiger partial charge in [-0.15, -0.1) is 0 Å². The molecular formula is C30H49N3O2. The number of piperidine rings is 1. The van der Waals surface area contributed by atoms with Crippen molar-refractivity contribution < 1.29 is 9.53 Å². The van der Waals surface area contributed by atoms with Crippen LogP contribution in [0.3, 0.4) is 0 Å². The number of rotatable bonds is 10. The fraction of sp³-hybridized carbons (Fsp3) is 0.767. The number of carbonyl (C=O) groups excluding carboxylic acids is 1. The van der Waals surface area contributed by atoms with Gasteiger partial charge in [-0.3, -0.25) is 9.69 Å². The molecule has 5 heteroatoms. The number of hydrogen-bond donors (Lipinski definition) is 1. The van der Waals surface area contributed by atoms with E-state index in [1.165, 1.54) is 55.2 Å². The summed E-state index contributed by atoms with van der Waals surface area (Å²) in [6.45, 7) is 8.76. The molecule has 0 spiro atoms. The first-order chi connectivity index (χ1) is 16.8. The molecule has 1 aromatic carbocycles. The van der Waals surface area contributed by atoms with Gasteiger partial charge < -0.3 is 15.0 Å². The van der Waals surface area contributed by atoms with Gasteiger partial charge in [0.1, 0.15) is 5.75 Å². The molecule has 1 amide bonds. The molecule has 1 aliphatic carbocycles. The van der Waals surface area contributed by atoms with Crippen molar-refractivity contribution in [1.29, 1.82) is 0 Å². The quantitative estimate of drug-likeness (QED) is 0.429. The number of amides is 1. The van der Waals surface area contributed by atoms with Crippen molar-refractivity contribution >= 4 is 5.91 Å².